The molecule has 0 bridgehead atoms. The first-order valence-corrected chi connectivity index (χ1v) is 11.3. The number of rotatable bonds is 9. The van der Waals surface area contributed by atoms with Gasteiger partial charge in [0.25, 0.3) is 0 Å². The Kier molecular flexibility index (Phi) is 8.37. The van der Waals surface area contributed by atoms with Crippen LogP contribution in [0.15, 0.2) is 30.3 Å². The van der Waals surface area contributed by atoms with Gasteiger partial charge in [0.15, 0.2) is 0 Å². The molecule has 0 aliphatic carbocycles. The smallest absolute Gasteiger partial charge is 0.217 e. The molecule has 1 aliphatic heterocycles. The molecule has 0 saturated heterocycles. The van der Waals surface area contributed by atoms with Gasteiger partial charge in [0.05, 0.1) is 12.1 Å². The van der Waals surface area contributed by atoms with Crippen molar-refractivity contribution in [2.75, 3.05) is 18.4 Å². The summed E-state index contributed by atoms with van der Waals surface area (Å²) >= 11 is 0. The molecule has 3 atom stereocenters. The Balaban J connectivity index is 1.72. The maximum atomic E-state index is 14.5. The normalized spacial score (nSPS) is 17.3. The first-order chi connectivity index (χ1) is 15.6. The summed E-state index contributed by atoms with van der Waals surface area (Å²) in [5.41, 5.74) is 2.66. The van der Waals surface area contributed by atoms with Crippen LogP contribution in [0.4, 0.5) is 18.9 Å². The Hall–Kier alpha value is -2.58. The van der Waals surface area contributed by atoms with E-state index in [0.29, 0.717) is 30.0 Å². The van der Waals surface area contributed by atoms with Crippen molar-refractivity contribution >= 4 is 11.6 Å². The van der Waals surface area contributed by atoms with E-state index in [1.807, 2.05) is 19.9 Å². The number of carbonyl (C=O) groups is 1. The zero-order valence-corrected chi connectivity index (χ0v) is 19.2. The van der Waals surface area contributed by atoms with Gasteiger partial charge in [0.1, 0.15) is 17.5 Å². The molecule has 5 nitrogen and oxygen atoms in total. The van der Waals surface area contributed by atoms with E-state index in [2.05, 4.69) is 16.0 Å². The summed E-state index contributed by atoms with van der Waals surface area (Å²) in [6, 6.07) is 5.71. The van der Waals surface area contributed by atoms with Gasteiger partial charge in [0, 0.05) is 37.8 Å². The van der Waals surface area contributed by atoms with Crippen LogP contribution >= 0.6 is 0 Å². The molecule has 1 aliphatic rings. The Morgan fingerprint density at radius 3 is 2.45 bits per heavy atom. The number of benzene rings is 2. The molecule has 3 rings (SSSR count). The van der Waals surface area contributed by atoms with Crippen molar-refractivity contribution in [2.24, 2.45) is 5.92 Å². The van der Waals surface area contributed by atoms with Gasteiger partial charge in [-0.15, -0.1) is 0 Å². The number of hydrogen-bond donors (Lipinski definition) is 4. The van der Waals surface area contributed by atoms with Gasteiger partial charge in [-0.05, 0) is 66.1 Å². The molecule has 0 spiro atoms. The summed E-state index contributed by atoms with van der Waals surface area (Å²) in [5.74, 6) is -1.70. The van der Waals surface area contributed by atoms with Crippen LogP contribution in [0.3, 0.4) is 0 Å². The summed E-state index contributed by atoms with van der Waals surface area (Å²) in [5, 5.41) is 20.0. The molecule has 0 aromatic heterocycles. The highest BCUT2D eigenvalue weighted by molar-refractivity contribution is 5.73. The highest BCUT2D eigenvalue weighted by Crippen LogP contribution is 2.33. The first-order valence-electron chi connectivity index (χ1n) is 11.3. The van der Waals surface area contributed by atoms with Crippen molar-refractivity contribution < 1.29 is 23.1 Å². The Labute approximate surface area is 192 Å². The van der Waals surface area contributed by atoms with Gasteiger partial charge in [0.2, 0.25) is 5.91 Å². The second-order valence-corrected chi connectivity index (χ2v) is 9.16. The summed E-state index contributed by atoms with van der Waals surface area (Å²) in [6.07, 6.45) is 0.438. The van der Waals surface area contributed by atoms with Crippen LogP contribution in [-0.4, -0.2) is 36.2 Å². The fraction of sp³-hybridized carbons (Fsp3) is 0.480. The van der Waals surface area contributed by atoms with Gasteiger partial charge in [-0.2, -0.15) is 0 Å². The molecule has 0 fully saturated rings. The highest BCUT2D eigenvalue weighted by Gasteiger charge is 2.26. The number of anilines is 1. The molecular formula is C25H32F3N3O2. The van der Waals surface area contributed by atoms with Crippen LogP contribution in [0.1, 0.15) is 49.9 Å². The van der Waals surface area contributed by atoms with Gasteiger partial charge in [-0.1, -0.05) is 13.8 Å². The SMILES string of the molecule is CC(=O)N[C@@H](Cc1cc(F)cc(F)c1)[C@H](O)CN[C@H]1CCNc2cc(F)c(CC(C)C)cc21. The molecule has 1 amide bonds. The van der Waals surface area contributed by atoms with Crippen molar-refractivity contribution in [1.29, 1.82) is 0 Å². The van der Waals surface area contributed by atoms with E-state index in [1.54, 1.807) is 0 Å². The van der Waals surface area contributed by atoms with E-state index in [0.717, 1.165) is 23.7 Å². The highest BCUT2D eigenvalue weighted by atomic mass is 19.1. The van der Waals surface area contributed by atoms with Gasteiger partial charge in [-0.3, -0.25) is 4.79 Å². The van der Waals surface area contributed by atoms with Crippen molar-refractivity contribution in [1.82, 2.24) is 10.6 Å². The fourth-order valence-electron chi connectivity index (χ4n) is 4.33. The molecule has 0 saturated carbocycles. The predicted molar refractivity (Wildman–Crippen MR) is 122 cm³/mol. The molecule has 1 heterocycles. The summed E-state index contributed by atoms with van der Waals surface area (Å²) in [7, 11) is 0. The lowest BCUT2D eigenvalue weighted by Crippen LogP contribution is -2.48. The molecule has 8 heteroatoms. The van der Waals surface area contributed by atoms with Gasteiger partial charge >= 0.3 is 0 Å². The number of nitrogens with one attached hydrogen (secondary N) is 3. The van der Waals surface area contributed by atoms with E-state index in [9.17, 15) is 23.1 Å². The van der Waals surface area contributed by atoms with Crippen LogP contribution in [-0.2, 0) is 17.6 Å². The van der Waals surface area contributed by atoms with Crippen LogP contribution in [0.5, 0.6) is 0 Å². The van der Waals surface area contributed by atoms with E-state index in [1.165, 1.54) is 25.1 Å². The maximum absolute atomic E-state index is 14.5. The number of aliphatic hydroxyl groups is 1. The fourth-order valence-corrected chi connectivity index (χ4v) is 4.33. The molecular weight excluding hydrogens is 431 g/mol. The van der Waals surface area contributed by atoms with Crippen LogP contribution in [0.2, 0.25) is 0 Å². The molecule has 0 unspecified atom stereocenters. The number of aliphatic hydroxyl groups excluding tert-OH is 1. The van der Waals surface area contributed by atoms with Crippen molar-refractivity contribution in [2.45, 2.75) is 58.2 Å². The quantitative estimate of drug-likeness (QED) is 0.456. The average molecular weight is 464 g/mol. The van der Waals surface area contributed by atoms with Crippen LogP contribution in [0.25, 0.3) is 0 Å². The van der Waals surface area contributed by atoms with E-state index in [4.69, 9.17) is 0 Å². The maximum Gasteiger partial charge on any atom is 0.217 e. The lowest BCUT2D eigenvalue weighted by atomic mass is 9.92. The van der Waals surface area contributed by atoms with Crippen molar-refractivity contribution in [3.8, 4) is 0 Å². The zero-order valence-electron chi connectivity index (χ0n) is 19.2. The second-order valence-electron chi connectivity index (χ2n) is 9.16. The van der Waals surface area contributed by atoms with E-state index >= 15 is 0 Å². The second kappa shape index (κ2) is 11.0. The van der Waals surface area contributed by atoms with Crippen LogP contribution in [0, 0.1) is 23.4 Å². The zero-order chi connectivity index (χ0) is 24.1. The minimum absolute atomic E-state index is 0.0731. The number of fused-ring (bicyclic) bond motifs is 1. The summed E-state index contributed by atoms with van der Waals surface area (Å²) in [4.78, 5) is 11.7. The largest absolute Gasteiger partial charge is 0.390 e. The standard InChI is InChI=1S/C25H32F3N3O2/c1-14(2)6-17-10-20-22(4-5-29-23(20)12-21(17)28)30-13-25(33)24(31-15(3)32)9-16-7-18(26)11-19(27)8-16/h7-8,10-12,14,22,24-25,29-30,33H,4-6,9,13H2,1-3H3,(H,31,32)/t22-,24-,25+/m0/s1. The van der Waals surface area contributed by atoms with E-state index in [-0.39, 0.29) is 30.7 Å². The Bertz CT molecular complexity index is 963. The lowest BCUT2D eigenvalue weighted by Gasteiger charge is -2.31. The van der Waals surface area contributed by atoms with Crippen molar-refractivity contribution in [3.05, 3.63) is 64.5 Å². The van der Waals surface area contributed by atoms with Crippen molar-refractivity contribution in [3.63, 3.8) is 0 Å². The molecule has 0 radical (unpaired) electrons. The van der Waals surface area contributed by atoms with Crippen LogP contribution < -0.4 is 16.0 Å². The third-order valence-electron chi connectivity index (χ3n) is 5.78. The third-order valence-corrected chi connectivity index (χ3v) is 5.78. The van der Waals surface area contributed by atoms with Gasteiger partial charge in [-0.25, -0.2) is 13.2 Å². The Morgan fingerprint density at radius 1 is 1.12 bits per heavy atom. The Morgan fingerprint density at radius 2 is 1.82 bits per heavy atom. The third kappa shape index (κ3) is 6.95. The lowest BCUT2D eigenvalue weighted by molar-refractivity contribution is -0.120. The number of carbonyl (C=O) groups excluding carboxylic acids is 1. The minimum Gasteiger partial charge on any atom is -0.390 e. The summed E-state index contributed by atoms with van der Waals surface area (Å²) in [6.45, 7) is 6.20. The number of amides is 1. The number of hydrogen-bond acceptors (Lipinski definition) is 4. The molecule has 2 aromatic carbocycles. The molecule has 4 N–H and O–H groups in total. The minimum atomic E-state index is -1.01. The monoisotopic (exact) mass is 463 g/mol. The molecule has 180 valence electrons. The topological polar surface area (TPSA) is 73.4 Å². The molecule has 33 heavy (non-hydrogen) atoms. The predicted octanol–water partition coefficient (Wildman–Crippen LogP) is 3.86. The summed E-state index contributed by atoms with van der Waals surface area (Å²) < 4.78 is 41.6. The van der Waals surface area contributed by atoms with E-state index < -0.39 is 23.8 Å². The molecule has 2 aromatic rings. The van der Waals surface area contributed by atoms with Gasteiger partial charge < -0.3 is 21.1 Å². The first kappa shape index (κ1) is 25.1. The average Bonchev–Trinajstić information content (AvgIpc) is 2.70. The number of halogens is 3.